The molecule has 1 aromatic carbocycles. The lowest BCUT2D eigenvalue weighted by atomic mass is 9.87. The minimum absolute atomic E-state index is 0.0541. The highest BCUT2D eigenvalue weighted by Crippen LogP contribution is 2.39. The number of nitrogens with two attached hydrogens (primary N) is 1. The summed E-state index contributed by atoms with van der Waals surface area (Å²) in [6.07, 6.45) is 1.30. The molecule has 0 spiro atoms. The molecule has 1 unspecified atom stereocenters. The maximum Gasteiger partial charge on any atom is 0.273 e. The van der Waals surface area contributed by atoms with Crippen molar-refractivity contribution in [3.63, 3.8) is 0 Å². The molecule has 0 saturated carbocycles. The van der Waals surface area contributed by atoms with E-state index in [1.807, 2.05) is 22.6 Å². The van der Waals surface area contributed by atoms with Gasteiger partial charge in [-0.25, -0.2) is 13.2 Å². The van der Waals surface area contributed by atoms with Crippen molar-refractivity contribution in [2.24, 2.45) is 11.1 Å². The van der Waals surface area contributed by atoms with Crippen LogP contribution in [-0.4, -0.2) is 0 Å². The Bertz CT molecular complexity index is 473. The van der Waals surface area contributed by atoms with Crippen LogP contribution in [0.4, 0.5) is 13.2 Å². The van der Waals surface area contributed by atoms with Crippen molar-refractivity contribution in [2.75, 3.05) is 0 Å². The molecule has 0 amide bonds. The molecule has 0 fully saturated rings. The van der Waals surface area contributed by atoms with E-state index in [-0.39, 0.29) is 11.0 Å². The number of hydrogen-bond donors (Lipinski definition) is 1. The zero-order chi connectivity index (χ0) is 15.8. The molecule has 0 radical (unpaired) electrons. The fraction of sp³-hybridized carbons (Fsp3) is 0.600. The minimum Gasteiger partial charge on any atom is -0.313 e. The van der Waals surface area contributed by atoms with E-state index in [9.17, 15) is 13.2 Å². The van der Waals surface area contributed by atoms with Crippen LogP contribution in [0.3, 0.4) is 0 Å². The van der Waals surface area contributed by atoms with E-state index in [0.717, 1.165) is 12.5 Å². The summed E-state index contributed by atoms with van der Waals surface area (Å²) in [4.78, 5) is 0. The third-order valence-corrected chi connectivity index (χ3v) is 4.28. The van der Waals surface area contributed by atoms with Crippen LogP contribution in [0.25, 0.3) is 0 Å². The van der Waals surface area contributed by atoms with Crippen molar-refractivity contribution >= 4 is 22.6 Å². The maximum absolute atomic E-state index is 14.3. The van der Waals surface area contributed by atoms with Crippen LogP contribution in [0.15, 0.2) is 18.2 Å². The van der Waals surface area contributed by atoms with Gasteiger partial charge in [0.1, 0.15) is 5.82 Å². The second-order valence-electron chi connectivity index (χ2n) is 6.48. The largest absolute Gasteiger partial charge is 0.313 e. The Labute approximate surface area is 132 Å². The predicted octanol–water partition coefficient (Wildman–Crippen LogP) is 5.31. The van der Waals surface area contributed by atoms with Gasteiger partial charge < -0.3 is 5.73 Å². The molecular weight excluding hydrogens is 378 g/mol. The number of alkyl halides is 3. The first-order valence-electron chi connectivity index (χ1n) is 6.50. The summed E-state index contributed by atoms with van der Waals surface area (Å²) in [6.45, 7) is 6.88. The average Bonchev–Trinajstić information content (AvgIpc) is 2.24. The highest BCUT2D eigenvalue weighted by molar-refractivity contribution is 14.1. The van der Waals surface area contributed by atoms with Crippen molar-refractivity contribution in [3.8, 4) is 0 Å². The first-order valence-corrected chi connectivity index (χ1v) is 7.57. The predicted molar refractivity (Wildman–Crippen MR) is 84.5 cm³/mol. The normalized spacial score (nSPS) is 16.1. The minimum atomic E-state index is -3.21. The summed E-state index contributed by atoms with van der Waals surface area (Å²) in [5.74, 6) is -4.11. The average molecular weight is 399 g/mol. The van der Waals surface area contributed by atoms with Gasteiger partial charge in [0.25, 0.3) is 5.92 Å². The standard InChI is InChI=1S/C15H21F3IN/c1-13(2,3)8-9-15(19,20)11-7-5-6-10(12(11)16)14(4,17)18/h5-7H,8-9,20H2,1-4H3. The molecule has 0 aliphatic rings. The Morgan fingerprint density at radius 3 is 2.00 bits per heavy atom. The number of benzene rings is 1. The molecule has 1 nitrogen and oxygen atoms in total. The highest BCUT2D eigenvalue weighted by atomic mass is 127. The van der Waals surface area contributed by atoms with Crippen LogP contribution in [0.5, 0.6) is 0 Å². The van der Waals surface area contributed by atoms with Gasteiger partial charge in [-0.1, -0.05) is 61.6 Å². The van der Waals surface area contributed by atoms with Crippen molar-refractivity contribution in [1.82, 2.24) is 0 Å². The number of hydrogen-bond acceptors (Lipinski definition) is 1. The number of rotatable bonds is 4. The SMILES string of the molecule is CC(C)(C)CCC(N)(I)c1cccc(C(C)(F)F)c1F. The van der Waals surface area contributed by atoms with Gasteiger partial charge in [-0.05, 0) is 18.3 Å². The molecule has 1 rings (SSSR count). The number of halogens is 4. The van der Waals surface area contributed by atoms with Gasteiger partial charge >= 0.3 is 0 Å². The van der Waals surface area contributed by atoms with Crippen LogP contribution >= 0.6 is 22.6 Å². The summed E-state index contributed by atoms with van der Waals surface area (Å²) >= 11 is 1.94. The Morgan fingerprint density at radius 2 is 1.55 bits per heavy atom. The topological polar surface area (TPSA) is 26.0 Å². The lowest BCUT2D eigenvalue weighted by Gasteiger charge is -2.29. The monoisotopic (exact) mass is 399 g/mol. The lowest BCUT2D eigenvalue weighted by molar-refractivity contribution is 0.0135. The molecule has 0 aliphatic carbocycles. The third-order valence-electron chi connectivity index (χ3n) is 3.16. The molecule has 0 saturated heterocycles. The summed E-state index contributed by atoms with van der Waals surface area (Å²) in [7, 11) is 0. The van der Waals surface area contributed by atoms with Gasteiger partial charge in [0.05, 0.1) is 9.11 Å². The lowest BCUT2D eigenvalue weighted by Crippen LogP contribution is -2.32. The molecule has 0 aliphatic heterocycles. The first kappa shape index (κ1) is 17.8. The van der Waals surface area contributed by atoms with Gasteiger partial charge in [0.15, 0.2) is 0 Å². The highest BCUT2D eigenvalue weighted by Gasteiger charge is 2.34. The Morgan fingerprint density at radius 1 is 1.05 bits per heavy atom. The van der Waals surface area contributed by atoms with Crippen molar-refractivity contribution in [2.45, 2.75) is 50.0 Å². The second-order valence-corrected chi connectivity index (χ2v) is 8.40. The van der Waals surface area contributed by atoms with Crippen molar-refractivity contribution in [1.29, 1.82) is 0 Å². The first-order chi connectivity index (χ1) is 8.84. The van der Waals surface area contributed by atoms with Gasteiger partial charge in [-0.2, -0.15) is 0 Å². The van der Waals surface area contributed by atoms with Crippen molar-refractivity contribution < 1.29 is 13.2 Å². The van der Waals surface area contributed by atoms with Crippen molar-refractivity contribution in [3.05, 3.63) is 35.1 Å². The van der Waals surface area contributed by atoms with Gasteiger partial charge in [-0.15, -0.1) is 0 Å². The van der Waals surface area contributed by atoms with E-state index in [2.05, 4.69) is 20.8 Å². The van der Waals surface area contributed by atoms with Gasteiger partial charge in [0.2, 0.25) is 0 Å². The fourth-order valence-electron chi connectivity index (χ4n) is 1.88. The van der Waals surface area contributed by atoms with E-state index >= 15 is 0 Å². The zero-order valence-corrected chi connectivity index (χ0v) is 14.4. The smallest absolute Gasteiger partial charge is 0.273 e. The molecular formula is C15H21F3IN. The Kier molecular flexibility index (Phi) is 5.17. The quantitative estimate of drug-likeness (QED) is 0.415. The molecule has 1 aromatic rings. The van der Waals surface area contributed by atoms with E-state index in [1.165, 1.54) is 12.1 Å². The Balaban J connectivity index is 3.13. The Hall–Kier alpha value is -0.300. The summed E-state index contributed by atoms with van der Waals surface area (Å²) in [5.41, 5.74) is 5.75. The molecule has 2 N–H and O–H groups in total. The summed E-state index contributed by atoms with van der Waals surface area (Å²) < 4.78 is 40.1. The van der Waals surface area contributed by atoms with E-state index < -0.39 is 20.8 Å². The summed E-state index contributed by atoms with van der Waals surface area (Å²) in [6, 6.07) is 4.03. The van der Waals surface area contributed by atoms with E-state index in [1.54, 1.807) is 0 Å². The molecule has 114 valence electrons. The second kappa shape index (κ2) is 5.83. The van der Waals surface area contributed by atoms with Crippen LogP contribution in [0.1, 0.15) is 51.7 Å². The van der Waals surface area contributed by atoms with E-state index in [0.29, 0.717) is 13.3 Å². The van der Waals surface area contributed by atoms with Crippen LogP contribution in [-0.2, 0) is 9.47 Å². The molecule has 5 heteroatoms. The molecule has 20 heavy (non-hydrogen) atoms. The third kappa shape index (κ3) is 4.62. The van der Waals surface area contributed by atoms with Crippen LogP contribution in [0, 0.1) is 11.2 Å². The van der Waals surface area contributed by atoms with Gasteiger partial charge in [0, 0.05) is 12.5 Å². The molecule has 0 heterocycles. The van der Waals surface area contributed by atoms with Crippen LogP contribution in [0.2, 0.25) is 0 Å². The molecule has 0 bridgehead atoms. The molecule has 0 aromatic heterocycles. The fourth-order valence-corrected chi connectivity index (χ4v) is 2.57. The zero-order valence-electron chi connectivity index (χ0n) is 12.2. The maximum atomic E-state index is 14.3. The summed E-state index contributed by atoms with van der Waals surface area (Å²) in [5, 5.41) is 0. The molecule has 1 atom stereocenters. The van der Waals surface area contributed by atoms with Gasteiger partial charge in [-0.3, -0.25) is 0 Å². The van der Waals surface area contributed by atoms with E-state index in [4.69, 9.17) is 5.73 Å². The van der Waals surface area contributed by atoms with Crippen LogP contribution < -0.4 is 5.73 Å².